The molecular weight excluding hydrogens is 376 g/mol. The first-order valence-corrected chi connectivity index (χ1v) is 9.70. The van der Waals surface area contributed by atoms with Gasteiger partial charge in [0.15, 0.2) is 11.5 Å². The number of ether oxygens (including phenoxy) is 3. The number of benzene rings is 2. The van der Waals surface area contributed by atoms with E-state index in [4.69, 9.17) is 14.2 Å². The molecule has 0 fully saturated rings. The summed E-state index contributed by atoms with van der Waals surface area (Å²) in [5.74, 6) is 3.24. The third kappa shape index (κ3) is 4.58. The standard InChI is InChI=1S/C20H22N4O3S/c1-25-15-7-5-6-13(10-15)22-18-8-9-21-20(24-18)23-14-11-16(26-2)19(27-3)17(12-14)28-4/h5-12H,1-4H3,(H2,21,22,23,24). The summed E-state index contributed by atoms with van der Waals surface area (Å²) in [5, 5.41) is 6.47. The summed E-state index contributed by atoms with van der Waals surface area (Å²) in [7, 11) is 4.88. The van der Waals surface area contributed by atoms with E-state index in [-0.39, 0.29) is 0 Å². The summed E-state index contributed by atoms with van der Waals surface area (Å²) >= 11 is 1.57. The van der Waals surface area contributed by atoms with Crippen molar-refractivity contribution >= 4 is 34.9 Å². The quantitative estimate of drug-likeness (QED) is 0.528. The van der Waals surface area contributed by atoms with Gasteiger partial charge in [-0.3, -0.25) is 0 Å². The van der Waals surface area contributed by atoms with Crippen LogP contribution in [0.25, 0.3) is 0 Å². The number of thioether (sulfide) groups is 1. The molecule has 0 aliphatic heterocycles. The Balaban J connectivity index is 1.83. The fourth-order valence-corrected chi connectivity index (χ4v) is 3.23. The molecule has 2 N–H and O–H groups in total. The Morgan fingerprint density at radius 1 is 0.893 bits per heavy atom. The fraction of sp³-hybridized carbons (Fsp3) is 0.200. The summed E-state index contributed by atoms with van der Waals surface area (Å²) in [6.45, 7) is 0. The highest BCUT2D eigenvalue weighted by Gasteiger charge is 2.12. The molecule has 146 valence electrons. The van der Waals surface area contributed by atoms with Gasteiger partial charge in [0, 0.05) is 29.7 Å². The molecule has 0 aliphatic carbocycles. The zero-order valence-corrected chi connectivity index (χ0v) is 17.0. The Labute approximate surface area is 168 Å². The highest BCUT2D eigenvalue weighted by atomic mass is 32.2. The van der Waals surface area contributed by atoms with Crippen LogP contribution in [0.4, 0.5) is 23.1 Å². The van der Waals surface area contributed by atoms with E-state index in [1.165, 1.54) is 0 Å². The van der Waals surface area contributed by atoms with Crippen molar-refractivity contribution in [3.63, 3.8) is 0 Å². The number of anilines is 4. The van der Waals surface area contributed by atoms with Gasteiger partial charge in [-0.25, -0.2) is 4.98 Å². The van der Waals surface area contributed by atoms with Crippen LogP contribution in [0.3, 0.4) is 0 Å². The van der Waals surface area contributed by atoms with Gasteiger partial charge in [-0.05, 0) is 30.5 Å². The lowest BCUT2D eigenvalue weighted by Crippen LogP contribution is -2.01. The van der Waals surface area contributed by atoms with Crippen molar-refractivity contribution in [2.24, 2.45) is 0 Å². The summed E-state index contributed by atoms with van der Waals surface area (Å²) in [6, 6.07) is 13.3. The Morgan fingerprint density at radius 2 is 1.75 bits per heavy atom. The molecule has 1 aromatic heterocycles. The molecule has 0 saturated carbocycles. The van der Waals surface area contributed by atoms with Crippen molar-refractivity contribution < 1.29 is 14.2 Å². The lowest BCUT2D eigenvalue weighted by atomic mass is 10.2. The first-order valence-electron chi connectivity index (χ1n) is 8.48. The van der Waals surface area contributed by atoms with Gasteiger partial charge in [0.1, 0.15) is 11.6 Å². The maximum absolute atomic E-state index is 5.44. The number of aromatic nitrogens is 2. The van der Waals surface area contributed by atoms with E-state index in [9.17, 15) is 0 Å². The molecule has 8 heteroatoms. The second-order valence-electron chi connectivity index (χ2n) is 5.66. The van der Waals surface area contributed by atoms with Crippen LogP contribution < -0.4 is 24.8 Å². The van der Waals surface area contributed by atoms with Crippen LogP contribution in [0.2, 0.25) is 0 Å². The molecule has 0 atom stereocenters. The third-order valence-corrected chi connectivity index (χ3v) is 4.66. The van der Waals surface area contributed by atoms with Crippen LogP contribution in [-0.2, 0) is 0 Å². The average molecular weight is 398 g/mol. The van der Waals surface area contributed by atoms with Crippen molar-refractivity contribution in [1.29, 1.82) is 0 Å². The normalized spacial score (nSPS) is 10.3. The summed E-state index contributed by atoms with van der Waals surface area (Å²) in [6.07, 6.45) is 3.67. The molecule has 0 amide bonds. The number of hydrogen-bond donors (Lipinski definition) is 2. The van der Waals surface area contributed by atoms with Crippen molar-refractivity contribution in [2.45, 2.75) is 4.90 Å². The number of nitrogens with zero attached hydrogens (tertiary/aromatic N) is 2. The largest absolute Gasteiger partial charge is 0.497 e. The van der Waals surface area contributed by atoms with Gasteiger partial charge in [0.05, 0.1) is 26.2 Å². The van der Waals surface area contributed by atoms with E-state index in [0.29, 0.717) is 23.3 Å². The van der Waals surface area contributed by atoms with E-state index >= 15 is 0 Å². The zero-order chi connectivity index (χ0) is 19.9. The van der Waals surface area contributed by atoms with E-state index in [2.05, 4.69) is 20.6 Å². The average Bonchev–Trinajstić information content (AvgIpc) is 2.73. The van der Waals surface area contributed by atoms with Gasteiger partial charge in [-0.1, -0.05) is 6.07 Å². The fourth-order valence-electron chi connectivity index (χ4n) is 2.62. The number of hydrogen-bond acceptors (Lipinski definition) is 8. The van der Waals surface area contributed by atoms with Crippen molar-refractivity contribution in [2.75, 3.05) is 38.2 Å². The first kappa shape index (κ1) is 19.6. The van der Waals surface area contributed by atoms with E-state index in [1.54, 1.807) is 45.4 Å². The Kier molecular flexibility index (Phi) is 6.44. The lowest BCUT2D eigenvalue weighted by Gasteiger charge is -2.14. The van der Waals surface area contributed by atoms with Crippen LogP contribution in [0, 0.1) is 0 Å². The summed E-state index contributed by atoms with van der Waals surface area (Å²) in [5.41, 5.74) is 1.68. The van der Waals surface area contributed by atoms with Gasteiger partial charge in [0.2, 0.25) is 5.95 Å². The SMILES string of the molecule is COc1cccc(Nc2ccnc(Nc3cc(OC)c(OC)c(SC)c3)n2)c1. The summed E-state index contributed by atoms with van der Waals surface area (Å²) < 4.78 is 16.1. The van der Waals surface area contributed by atoms with Crippen LogP contribution in [0.15, 0.2) is 53.6 Å². The zero-order valence-electron chi connectivity index (χ0n) is 16.1. The number of rotatable bonds is 8. The van der Waals surface area contributed by atoms with Crippen LogP contribution in [-0.4, -0.2) is 37.6 Å². The van der Waals surface area contributed by atoms with Gasteiger partial charge in [0.25, 0.3) is 0 Å². The van der Waals surface area contributed by atoms with Crippen molar-refractivity contribution in [3.8, 4) is 17.2 Å². The molecule has 7 nitrogen and oxygen atoms in total. The van der Waals surface area contributed by atoms with Crippen molar-refractivity contribution in [3.05, 3.63) is 48.7 Å². The molecule has 0 spiro atoms. The molecule has 1 heterocycles. The molecular formula is C20H22N4O3S. The second kappa shape index (κ2) is 9.18. The highest BCUT2D eigenvalue weighted by Crippen LogP contribution is 2.40. The number of nitrogens with one attached hydrogen (secondary N) is 2. The molecule has 0 unspecified atom stereocenters. The van der Waals surface area contributed by atoms with Crippen LogP contribution in [0.5, 0.6) is 17.2 Å². The van der Waals surface area contributed by atoms with Crippen molar-refractivity contribution in [1.82, 2.24) is 9.97 Å². The molecule has 3 rings (SSSR count). The first-order chi connectivity index (χ1) is 13.7. The lowest BCUT2D eigenvalue weighted by molar-refractivity contribution is 0.348. The van der Waals surface area contributed by atoms with E-state index in [1.807, 2.05) is 42.7 Å². The topological polar surface area (TPSA) is 77.5 Å². The Hall–Kier alpha value is -3.13. The summed E-state index contributed by atoms with van der Waals surface area (Å²) in [4.78, 5) is 9.77. The minimum absolute atomic E-state index is 0.465. The molecule has 0 radical (unpaired) electrons. The smallest absolute Gasteiger partial charge is 0.229 e. The van der Waals surface area contributed by atoms with E-state index < -0.39 is 0 Å². The van der Waals surface area contributed by atoms with E-state index in [0.717, 1.165) is 22.0 Å². The third-order valence-electron chi connectivity index (χ3n) is 3.92. The molecule has 2 aromatic carbocycles. The predicted octanol–water partition coefficient (Wildman–Crippen LogP) is 4.71. The minimum Gasteiger partial charge on any atom is -0.497 e. The monoisotopic (exact) mass is 398 g/mol. The minimum atomic E-state index is 0.465. The van der Waals surface area contributed by atoms with Gasteiger partial charge in [-0.15, -0.1) is 11.8 Å². The second-order valence-corrected chi connectivity index (χ2v) is 6.51. The molecule has 0 bridgehead atoms. The molecule has 0 saturated heterocycles. The molecule has 3 aromatic rings. The van der Waals surface area contributed by atoms with Gasteiger partial charge >= 0.3 is 0 Å². The predicted molar refractivity (Wildman–Crippen MR) is 113 cm³/mol. The molecule has 0 aliphatic rings. The van der Waals surface area contributed by atoms with Crippen LogP contribution in [0.1, 0.15) is 0 Å². The maximum atomic E-state index is 5.44. The van der Waals surface area contributed by atoms with Gasteiger partial charge < -0.3 is 24.8 Å². The Morgan fingerprint density at radius 3 is 2.46 bits per heavy atom. The highest BCUT2D eigenvalue weighted by molar-refractivity contribution is 7.98. The maximum Gasteiger partial charge on any atom is 0.229 e. The number of methoxy groups -OCH3 is 3. The molecule has 28 heavy (non-hydrogen) atoms. The Bertz CT molecular complexity index is 927. The van der Waals surface area contributed by atoms with Gasteiger partial charge in [-0.2, -0.15) is 4.98 Å². The van der Waals surface area contributed by atoms with Crippen LogP contribution >= 0.6 is 11.8 Å².